The van der Waals surface area contributed by atoms with E-state index in [0.717, 1.165) is 24.3 Å². The number of hydrogen-bond donors (Lipinski definition) is 1. The van der Waals surface area contributed by atoms with Crippen molar-refractivity contribution in [1.29, 1.82) is 0 Å². The van der Waals surface area contributed by atoms with Gasteiger partial charge in [0.05, 0.1) is 0 Å². The molecule has 3 heterocycles. The van der Waals surface area contributed by atoms with Crippen molar-refractivity contribution in [3.63, 3.8) is 0 Å². The molecule has 0 saturated carbocycles. The summed E-state index contributed by atoms with van der Waals surface area (Å²) in [7, 11) is 2.22. The van der Waals surface area contributed by atoms with Gasteiger partial charge in [0, 0.05) is 45.3 Å². The minimum Gasteiger partial charge on any atom is -0.363 e. The molecule has 0 bridgehead atoms. The highest BCUT2D eigenvalue weighted by molar-refractivity contribution is 7.89. The maximum Gasteiger partial charge on any atom is 0.242 e. The zero-order valence-corrected chi connectivity index (χ0v) is 16.1. The second-order valence-electron chi connectivity index (χ2n) is 6.86. The fraction of sp³-hybridized carbons (Fsp3) is 0.444. The molecule has 2 aromatic heterocycles. The standard InChI is InChI=1S/C18H25N5O2S/c1-22(2)17-7-6-16(13-20-17)26(24,25)21-12-15-8-10-23(3)18(15)14-5-4-9-19-11-14/h4-7,9,11,13,15,18,21H,8,10,12H2,1-3H3/t15-,18-/m0/s1. The molecule has 1 aliphatic rings. The molecule has 1 N–H and O–H groups in total. The summed E-state index contributed by atoms with van der Waals surface area (Å²) in [5.41, 5.74) is 1.12. The van der Waals surface area contributed by atoms with Gasteiger partial charge in [-0.2, -0.15) is 0 Å². The average molecular weight is 375 g/mol. The molecule has 0 aromatic carbocycles. The molecule has 0 spiro atoms. The Morgan fingerprint density at radius 2 is 2.08 bits per heavy atom. The van der Waals surface area contributed by atoms with Crippen LogP contribution in [0.2, 0.25) is 0 Å². The summed E-state index contributed by atoms with van der Waals surface area (Å²) in [6.45, 7) is 1.33. The molecule has 1 fully saturated rings. The summed E-state index contributed by atoms with van der Waals surface area (Å²) in [4.78, 5) is 12.7. The lowest BCUT2D eigenvalue weighted by atomic mass is 9.95. The van der Waals surface area contributed by atoms with Gasteiger partial charge < -0.3 is 4.90 Å². The Bertz CT molecular complexity index is 824. The Morgan fingerprint density at radius 3 is 2.69 bits per heavy atom. The molecule has 0 unspecified atom stereocenters. The zero-order valence-electron chi connectivity index (χ0n) is 15.3. The number of likely N-dealkylation sites (tertiary alicyclic amines) is 1. The summed E-state index contributed by atoms with van der Waals surface area (Å²) < 4.78 is 28.0. The van der Waals surface area contributed by atoms with Crippen molar-refractivity contribution in [2.45, 2.75) is 17.4 Å². The van der Waals surface area contributed by atoms with E-state index in [1.54, 1.807) is 18.3 Å². The minimum absolute atomic E-state index is 0.167. The summed E-state index contributed by atoms with van der Waals surface area (Å²) in [5, 5.41) is 0. The Balaban J connectivity index is 1.70. The van der Waals surface area contributed by atoms with E-state index in [-0.39, 0.29) is 16.9 Å². The van der Waals surface area contributed by atoms with Crippen LogP contribution in [0, 0.1) is 5.92 Å². The van der Waals surface area contributed by atoms with Gasteiger partial charge in [-0.05, 0) is 49.7 Å². The van der Waals surface area contributed by atoms with Gasteiger partial charge in [-0.15, -0.1) is 0 Å². The molecule has 1 saturated heterocycles. The predicted octanol–water partition coefficient (Wildman–Crippen LogP) is 1.51. The monoisotopic (exact) mass is 375 g/mol. The quantitative estimate of drug-likeness (QED) is 0.825. The third-order valence-corrected chi connectivity index (χ3v) is 6.23. The Kier molecular flexibility index (Phi) is 5.55. The van der Waals surface area contributed by atoms with Crippen LogP contribution in [0.3, 0.4) is 0 Å². The molecule has 7 nitrogen and oxygen atoms in total. The molecule has 26 heavy (non-hydrogen) atoms. The first-order valence-electron chi connectivity index (χ1n) is 8.61. The van der Waals surface area contributed by atoms with Crippen LogP contribution >= 0.6 is 0 Å². The second kappa shape index (κ2) is 7.69. The number of aromatic nitrogens is 2. The highest BCUT2D eigenvalue weighted by Gasteiger charge is 2.33. The summed E-state index contributed by atoms with van der Waals surface area (Å²) in [5.74, 6) is 0.922. The van der Waals surface area contributed by atoms with Crippen molar-refractivity contribution >= 4 is 15.8 Å². The van der Waals surface area contributed by atoms with E-state index in [4.69, 9.17) is 0 Å². The third kappa shape index (κ3) is 4.03. The highest BCUT2D eigenvalue weighted by atomic mass is 32.2. The molecule has 140 valence electrons. The van der Waals surface area contributed by atoms with Gasteiger partial charge in [-0.3, -0.25) is 9.88 Å². The lowest BCUT2D eigenvalue weighted by Gasteiger charge is -2.25. The van der Waals surface area contributed by atoms with E-state index in [1.807, 2.05) is 37.3 Å². The van der Waals surface area contributed by atoms with Crippen molar-refractivity contribution in [2.75, 3.05) is 39.1 Å². The molecule has 3 rings (SSSR count). The number of sulfonamides is 1. The maximum absolute atomic E-state index is 12.6. The summed E-state index contributed by atoms with van der Waals surface area (Å²) >= 11 is 0. The zero-order chi connectivity index (χ0) is 18.7. The molecule has 8 heteroatoms. The first-order chi connectivity index (χ1) is 12.4. The van der Waals surface area contributed by atoms with Crippen molar-refractivity contribution in [3.05, 3.63) is 48.4 Å². The first-order valence-corrected chi connectivity index (χ1v) is 10.1. The van der Waals surface area contributed by atoms with Gasteiger partial charge in [-0.25, -0.2) is 18.1 Å². The topological polar surface area (TPSA) is 78.4 Å². The van der Waals surface area contributed by atoms with Crippen LogP contribution in [0.15, 0.2) is 47.8 Å². The molecule has 0 aliphatic carbocycles. The normalized spacial score (nSPS) is 21.0. The fourth-order valence-electron chi connectivity index (χ4n) is 3.41. The summed E-state index contributed by atoms with van der Waals surface area (Å²) in [6, 6.07) is 7.42. The maximum atomic E-state index is 12.6. The van der Waals surface area contributed by atoms with Gasteiger partial charge in [0.15, 0.2) is 0 Å². The number of nitrogens with one attached hydrogen (secondary N) is 1. The predicted molar refractivity (Wildman–Crippen MR) is 101 cm³/mol. The van der Waals surface area contributed by atoms with Gasteiger partial charge in [0.1, 0.15) is 10.7 Å². The summed E-state index contributed by atoms with van der Waals surface area (Å²) in [6.07, 6.45) is 5.95. The Hall–Kier alpha value is -2.03. The van der Waals surface area contributed by atoms with Crippen molar-refractivity contribution in [2.24, 2.45) is 5.92 Å². The number of rotatable bonds is 6. The van der Waals surface area contributed by atoms with Crippen LogP contribution in [0.4, 0.5) is 5.82 Å². The van der Waals surface area contributed by atoms with E-state index in [9.17, 15) is 8.42 Å². The van der Waals surface area contributed by atoms with E-state index in [2.05, 4.69) is 26.6 Å². The molecular formula is C18H25N5O2S. The third-order valence-electron chi connectivity index (χ3n) is 4.82. The lowest BCUT2D eigenvalue weighted by Crippen LogP contribution is -2.32. The van der Waals surface area contributed by atoms with Gasteiger partial charge >= 0.3 is 0 Å². The van der Waals surface area contributed by atoms with E-state index < -0.39 is 10.0 Å². The average Bonchev–Trinajstić information content (AvgIpc) is 3.01. The van der Waals surface area contributed by atoms with E-state index >= 15 is 0 Å². The number of anilines is 1. The van der Waals surface area contributed by atoms with Crippen LogP contribution in [0.25, 0.3) is 0 Å². The largest absolute Gasteiger partial charge is 0.363 e. The van der Waals surface area contributed by atoms with Crippen LogP contribution in [-0.2, 0) is 10.0 Å². The van der Waals surface area contributed by atoms with Gasteiger partial charge in [0.25, 0.3) is 0 Å². The number of hydrogen-bond acceptors (Lipinski definition) is 6. The molecule has 0 amide bonds. The Morgan fingerprint density at radius 1 is 1.27 bits per heavy atom. The molecule has 0 radical (unpaired) electrons. The smallest absolute Gasteiger partial charge is 0.242 e. The SMILES string of the molecule is CN(C)c1ccc(S(=O)(=O)NC[C@@H]2CCN(C)[C@H]2c2cccnc2)cn1. The molecule has 2 atom stereocenters. The van der Waals surface area contributed by atoms with Crippen molar-refractivity contribution in [3.8, 4) is 0 Å². The second-order valence-corrected chi connectivity index (χ2v) is 8.63. The molecule has 1 aliphatic heterocycles. The van der Waals surface area contributed by atoms with Crippen molar-refractivity contribution in [1.82, 2.24) is 19.6 Å². The lowest BCUT2D eigenvalue weighted by molar-refractivity contribution is 0.276. The van der Waals surface area contributed by atoms with Crippen molar-refractivity contribution < 1.29 is 8.42 Å². The van der Waals surface area contributed by atoms with Gasteiger partial charge in [-0.1, -0.05) is 6.07 Å². The fourth-order valence-corrected chi connectivity index (χ4v) is 4.45. The molecular weight excluding hydrogens is 350 g/mol. The van der Waals surface area contributed by atoms with E-state index in [1.165, 1.54) is 6.20 Å². The van der Waals surface area contributed by atoms with Gasteiger partial charge in [0.2, 0.25) is 10.0 Å². The minimum atomic E-state index is -3.58. The number of nitrogens with zero attached hydrogens (tertiary/aromatic N) is 4. The van der Waals surface area contributed by atoms with Crippen LogP contribution in [0.1, 0.15) is 18.0 Å². The molecule has 2 aromatic rings. The van der Waals surface area contributed by atoms with E-state index in [0.29, 0.717) is 6.54 Å². The highest BCUT2D eigenvalue weighted by Crippen LogP contribution is 2.35. The first kappa shape index (κ1) is 18.8. The van der Waals surface area contributed by atoms with Crippen LogP contribution in [-0.4, -0.2) is 57.5 Å². The van der Waals surface area contributed by atoms with Crippen LogP contribution < -0.4 is 9.62 Å². The van der Waals surface area contributed by atoms with Crippen LogP contribution in [0.5, 0.6) is 0 Å². The Labute approximate surface area is 155 Å². The number of pyridine rings is 2.